The molecule has 0 spiro atoms. The second-order valence-corrected chi connectivity index (χ2v) is 6.33. The number of rotatable bonds is 3. The molecule has 106 valence electrons. The molecule has 2 aromatic rings. The van der Waals surface area contributed by atoms with Crippen LogP contribution in [0.2, 0.25) is 0 Å². The van der Waals surface area contributed by atoms with Gasteiger partial charge in [-0.15, -0.1) is 11.3 Å². The van der Waals surface area contributed by atoms with Crippen molar-refractivity contribution in [2.24, 2.45) is 5.73 Å². The molecule has 0 aliphatic heterocycles. The summed E-state index contributed by atoms with van der Waals surface area (Å²) in [6, 6.07) is 8.11. The topological polar surface area (TPSA) is 74.2 Å². The van der Waals surface area contributed by atoms with Gasteiger partial charge in [0.25, 0.3) is 0 Å². The van der Waals surface area contributed by atoms with E-state index in [1.807, 2.05) is 19.1 Å². The average Bonchev–Trinajstić information content (AvgIpc) is 2.78. The fourth-order valence-electron chi connectivity index (χ4n) is 2.76. The molecule has 1 atom stereocenters. The summed E-state index contributed by atoms with van der Waals surface area (Å²) in [6.07, 6.45) is 2.57. The molecule has 0 fully saturated rings. The molecule has 0 saturated heterocycles. The molecule has 1 heterocycles. The van der Waals surface area contributed by atoms with Crippen LogP contribution in [0.4, 0.5) is 5.13 Å². The standard InChI is InChI=1S/C15H19N3OS/c1-2-19-11-5-3-4-10(8-11)15(17)7-6-12-13(9-15)20-14(16)18-12/h3-5,8H,2,6-7,9,17H2,1H3,(H2,16,18). The van der Waals surface area contributed by atoms with Crippen LogP contribution in [0.1, 0.15) is 29.5 Å². The summed E-state index contributed by atoms with van der Waals surface area (Å²) in [5.41, 5.74) is 14.3. The van der Waals surface area contributed by atoms with Crippen LogP contribution in [0.3, 0.4) is 0 Å². The molecule has 3 rings (SSSR count). The zero-order valence-electron chi connectivity index (χ0n) is 11.6. The van der Waals surface area contributed by atoms with E-state index in [2.05, 4.69) is 17.1 Å². The Morgan fingerprint density at radius 3 is 3.10 bits per heavy atom. The van der Waals surface area contributed by atoms with Crippen molar-refractivity contribution in [1.29, 1.82) is 0 Å². The van der Waals surface area contributed by atoms with Crippen molar-refractivity contribution < 1.29 is 4.74 Å². The molecule has 0 radical (unpaired) electrons. The van der Waals surface area contributed by atoms with E-state index >= 15 is 0 Å². The summed E-state index contributed by atoms with van der Waals surface area (Å²) < 4.78 is 5.57. The van der Waals surface area contributed by atoms with Crippen LogP contribution in [-0.4, -0.2) is 11.6 Å². The third-order valence-corrected chi connectivity index (χ3v) is 4.73. The van der Waals surface area contributed by atoms with E-state index in [1.165, 1.54) is 4.88 Å². The Labute approximate surface area is 122 Å². The molecule has 1 unspecified atom stereocenters. The number of aryl methyl sites for hydroxylation is 1. The van der Waals surface area contributed by atoms with Crippen molar-refractivity contribution in [3.8, 4) is 5.75 Å². The Morgan fingerprint density at radius 1 is 1.45 bits per heavy atom. The molecular formula is C15H19N3OS. The maximum atomic E-state index is 6.65. The van der Waals surface area contributed by atoms with Gasteiger partial charge in [0.05, 0.1) is 12.3 Å². The predicted molar refractivity (Wildman–Crippen MR) is 82.0 cm³/mol. The highest BCUT2D eigenvalue weighted by molar-refractivity contribution is 7.15. The number of thiazole rings is 1. The van der Waals surface area contributed by atoms with Crippen LogP contribution < -0.4 is 16.2 Å². The lowest BCUT2D eigenvalue weighted by atomic mass is 9.78. The lowest BCUT2D eigenvalue weighted by molar-refractivity contribution is 0.336. The smallest absolute Gasteiger partial charge is 0.180 e. The normalized spacial score (nSPS) is 21.5. The maximum Gasteiger partial charge on any atom is 0.180 e. The van der Waals surface area contributed by atoms with E-state index in [-0.39, 0.29) is 5.54 Å². The minimum atomic E-state index is -0.348. The molecule has 1 aliphatic carbocycles. The van der Waals surface area contributed by atoms with E-state index in [4.69, 9.17) is 16.2 Å². The molecule has 1 aromatic heterocycles. The van der Waals surface area contributed by atoms with Gasteiger partial charge in [0.2, 0.25) is 0 Å². The molecule has 4 N–H and O–H groups in total. The highest BCUT2D eigenvalue weighted by atomic mass is 32.1. The highest BCUT2D eigenvalue weighted by Crippen LogP contribution is 2.38. The van der Waals surface area contributed by atoms with Crippen molar-refractivity contribution in [1.82, 2.24) is 4.98 Å². The Bertz CT molecular complexity index is 625. The fraction of sp³-hybridized carbons (Fsp3) is 0.400. The van der Waals surface area contributed by atoms with Gasteiger partial charge in [-0.2, -0.15) is 0 Å². The number of anilines is 1. The van der Waals surface area contributed by atoms with E-state index in [0.29, 0.717) is 11.7 Å². The fourth-order valence-corrected chi connectivity index (χ4v) is 3.77. The monoisotopic (exact) mass is 289 g/mol. The first-order valence-corrected chi connectivity index (χ1v) is 7.68. The molecule has 1 aliphatic rings. The lowest BCUT2D eigenvalue weighted by Crippen LogP contribution is -2.41. The summed E-state index contributed by atoms with van der Waals surface area (Å²) in [6.45, 7) is 2.65. The van der Waals surface area contributed by atoms with Gasteiger partial charge < -0.3 is 16.2 Å². The Balaban J connectivity index is 1.91. The van der Waals surface area contributed by atoms with Crippen LogP contribution in [0.25, 0.3) is 0 Å². The Kier molecular flexibility index (Phi) is 3.40. The number of hydrogen-bond donors (Lipinski definition) is 2. The second kappa shape index (κ2) is 5.07. The van der Waals surface area contributed by atoms with Gasteiger partial charge in [-0.25, -0.2) is 4.98 Å². The summed E-state index contributed by atoms with van der Waals surface area (Å²) in [5, 5.41) is 0.641. The van der Waals surface area contributed by atoms with Gasteiger partial charge in [-0.05, 0) is 37.5 Å². The Morgan fingerprint density at radius 2 is 2.30 bits per heavy atom. The van der Waals surface area contributed by atoms with Gasteiger partial charge in [0.1, 0.15) is 5.75 Å². The molecule has 0 bridgehead atoms. The van der Waals surface area contributed by atoms with E-state index in [1.54, 1.807) is 11.3 Å². The molecule has 5 heteroatoms. The molecule has 0 amide bonds. The minimum absolute atomic E-state index is 0.348. The maximum absolute atomic E-state index is 6.65. The van der Waals surface area contributed by atoms with Crippen LogP contribution in [0.5, 0.6) is 5.75 Å². The first kappa shape index (κ1) is 13.4. The molecule has 1 aromatic carbocycles. The number of nitrogens with zero attached hydrogens (tertiary/aromatic N) is 1. The summed E-state index contributed by atoms with van der Waals surface area (Å²) in [5.74, 6) is 0.879. The SMILES string of the molecule is CCOc1cccc(C2(N)CCc3nc(N)sc3C2)c1. The van der Waals surface area contributed by atoms with Gasteiger partial charge in [-0.1, -0.05) is 12.1 Å². The van der Waals surface area contributed by atoms with Crippen molar-refractivity contribution in [2.75, 3.05) is 12.3 Å². The van der Waals surface area contributed by atoms with Crippen LogP contribution in [0, 0.1) is 0 Å². The number of nitrogens with two attached hydrogens (primary N) is 2. The minimum Gasteiger partial charge on any atom is -0.494 e. The van der Waals surface area contributed by atoms with Crippen LogP contribution in [0.15, 0.2) is 24.3 Å². The van der Waals surface area contributed by atoms with Crippen molar-refractivity contribution in [3.05, 3.63) is 40.4 Å². The number of ether oxygens (including phenoxy) is 1. The number of hydrogen-bond acceptors (Lipinski definition) is 5. The summed E-state index contributed by atoms with van der Waals surface area (Å²) >= 11 is 1.56. The number of aromatic nitrogens is 1. The van der Waals surface area contributed by atoms with Crippen molar-refractivity contribution >= 4 is 16.5 Å². The van der Waals surface area contributed by atoms with Crippen LogP contribution in [-0.2, 0) is 18.4 Å². The third kappa shape index (κ3) is 2.39. The Hall–Kier alpha value is -1.59. The lowest BCUT2D eigenvalue weighted by Gasteiger charge is -2.33. The quantitative estimate of drug-likeness (QED) is 0.910. The molecular weight excluding hydrogens is 270 g/mol. The van der Waals surface area contributed by atoms with Gasteiger partial charge in [-0.3, -0.25) is 0 Å². The van der Waals surface area contributed by atoms with E-state index in [0.717, 1.165) is 36.3 Å². The molecule has 20 heavy (non-hydrogen) atoms. The second-order valence-electron chi connectivity index (χ2n) is 5.22. The predicted octanol–water partition coefficient (Wildman–Crippen LogP) is 2.47. The van der Waals surface area contributed by atoms with Crippen LogP contribution >= 0.6 is 11.3 Å². The van der Waals surface area contributed by atoms with E-state index in [9.17, 15) is 0 Å². The first-order chi connectivity index (χ1) is 9.60. The number of fused-ring (bicyclic) bond motifs is 1. The van der Waals surface area contributed by atoms with Crippen molar-refractivity contribution in [3.63, 3.8) is 0 Å². The van der Waals surface area contributed by atoms with E-state index < -0.39 is 0 Å². The first-order valence-electron chi connectivity index (χ1n) is 6.87. The van der Waals surface area contributed by atoms with Gasteiger partial charge in [0, 0.05) is 16.8 Å². The molecule has 4 nitrogen and oxygen atoms in total. The number of benzene rings is 1. The third-order valence-electron chi connectivity index (χ3n) is 3.80. The zero-order valence-corrected chi connectivity index (χ0v) is 12.4. The molecule has 0 saturated carbocycles. The average molecular weight is 289 g/mol. The summed E-state index contributed by atoms with van der Waals surface area (Å²) in [7, 11) is 0. The largest absolute Gasteiger partial charge is 0.494 e. The summed E-state index contributed by atoms with van der Waals surface area (Å²) in [4.78, 5) is 5.59. The number of nitrogen functional groups attached to an aromatic ring is 1. The zero-order chi connectivity index (χ0) is 14.2. The highest BCUT2D eigenvalue weighted by Gasteiger charge is 2.34. The van der Waals surface area contributed by atoms with Gasteiger partial charge >= 0.3 is 0 Å². The van der Waals surface area contributed by atoms with Gasteiger partial charge in [0.15, 0.2) is 5.13 Å². The van der Waals surface area contributed by atoms with Crippen molar-refractivity contribution in [2.45, 2.75) is 31.7 Å².